The Bertz CT molecular complexity index is 554. The number of halogens is 3. The monoisotopic (exact) mass is 300 g/mol. The fourth-order valence-electron chi connectivity index (χ4n) is 2.79. The maximum atomic E-state index is 13.5. The van der Waals surface area contributed by atoms with Gasteiger partial charge in [-0.2, -0.15) is 0 Å². The van der Waals surface area contributed by atoms with Crippen LogP contribution in [-0.2, 0) is 0 Å². The van der Waals surface area contributed by atoms with Crippen molar-refractivity contribution < 1.29 is 13.2 Å². The van der Waals surface area contributed by atoms with Crippen LogP contribution in [0.5, 0.6) is 0 Å². The Kier molecular flexibility index (Phi) is 3.67. The Morgan fingerprint density at radius 1 is 1.05 bits per heavy atom. The second-order valence-electron chi connectivity index (χ2n) is 5.49. The van der Waals surface area contributed by atoms with Gasteiger partial charge >= 0.3 is 0 Å². The summed E-state index contributed by atoms with van der Waals surface area (Å²) in [4.78, 5) is 4.44. The quantitative estimate of drug-likeness (QED) is 0.787. The van der Waals surface area contributed by atoms with E-state index in [9.17, 15) is 13.2 Å². The largest absolute Gasteiger partial charge is 0.333 e. The van der Waals surface area contributed by atoms with Crippen molar-refractivity contribution >= 4 is 22.6 Å². The number of rotatable bonds is 1. The van der Waals surface area contributed by atoms with Crippen LogP contribution in [0.15, 0.2) is 17.1 Å². The minimum atomic E-state index is -1.18. The van der Waals surface area contributed by atoms with Crippen molar-refractivity contribution in [1.82, 2.24) is 0 Å². The zero-order chi connectivity index (χ0) is 14.2. The highest BCUT2D eigenvalue weighted by Crippen LogP contribution is 2.43. The van der Waals surface area contributed by atoms with Crippen LogP contribution in [0.25, 0.3) is 0 Å². The number of benzene rings is 1. The average molecular weight is 300 g/mol. The van der Waals surface area contributed by atoms with Gasteiger partial charge < -0.3 is 5.32 Å². The van der Waals surface area contributed by atoms with Crippen LogP contribution in [0.1, 0.15) is 25.7 Å². The molecule has 0 unspecified atom stereocenters. The molecule has 20 heavy (non-hydrogen) atoms. The first-order chi connectivity index (χ1) is 9.58. The van der Waals surface area contributed by atoms with Crippen molar-refractivity contribution in [2.24, 2.45) is 10.4 Å². The molecule has 1 saturated carbocycles. The lowest BCUT2D eigenvalue weighted by Gasteiger charge is -2.31. The molecule has 108 valence electrons. The van der Waals surface area contributed by atoms with E-state index in [0.29, 0.717) is 16.6 Å². The van der Waals surface area contributed by atoms with Gasteiger partial charge in [-0.1, -0.05) is 24.6 Å². The Morgan fingerprint density at radius 3 is 2.40 bits per heavy atom. The topological polar surface area (TPSA) is 24.4 Å². The summed E-state index contributed by atoms with van der Waals surface area (Å²) in [6.45, 7) is 0.730. The summed E-state index contributed by atoms with van der Waals surface area (Å²) in [5.74, 6) is -2.11. The van der Waals surface area contributed by atoms with Crippen LogP contribution in [-0.4, -0.2) is 17.5 Å². The van der Waals surface area contributed by atoms with Gasteiger partial charge in [0, 0.05) is 24.4 Å². The average Bonchev–Trinajstić information content (AvgIpc) is 2.87. The van der Waals surface area contributed by atoms with Gasteiger partial charge in [-0.25, -0.2) is 13.2 Å². The van der Waals surface area contributed by atoms with Gasteiger partial charge in [0.1, 0.15) is 5.82 Å². The molecule has 0 bridgehead atoms. The normalized spacial score (nSPS) is 21.1. The summed E-state index contributed by atoms with van der Waals surface area (Å²) in [6.07, 6.45) is 4.87. The number of hydrogen-bond acceptors (Lipinski definition) is 3. The third-order valence-corrected chi connectivity index (χ3v) is 5.25. The van der Waals surface area contributed by atoms with Gasteiger partial charge in [-0.15, -0.1) is 0 Å². The lowest BCUT2D eigenvalue weighted by molar-refractivity contribution is 0.359. The molecule has 1 spiro atoms. The number of aliphatic imine (C=N–C) groups is 1. The predicted octanol–water partition coefficient (Wildman–Crippen LogP) is 4.18. The number of nitrogens with zero attached hydrogens (tertiary/aromatic N) is 1. The first-order valence-corrected chi connectivity index (χ1v) is 7.65. The van der Waals surface area contributed by atoms with Gasteiger partial charge in [0.25, 0.3) is 0 Å². The maximum Gasteiger partial charge on any atom is 0.161 e. The molecule has 0 aromatic heterocycles. The van der Waals surface area contributed by atoms with Gasteiger partial charge in [0.05, 0.1) is 5.69 Å². The molecule has 1 aromatic rings. The molecule has 2 aliphatic rings. The second-order valence-corrected chi connectivity index (χ2v) is 6.45. The molecule has 1 aromatic carbocycles. The van der Waals surface area contributed by atoms with Gasteiger partial charge in [0.2, 0.25) is 0 Å². The van der Waals surface area contributed by atoms with E-state index in [1.807, 2.05) is 0 Å². The Morgan fingerprint density at radius 2 is 1.75 bits per heavy atom. The fourth-order valence-corrected chi connectivity index (χ4v) is 3.95. The molecule has 1 aliphatic carbocycles. The zero-order valence-electron chi connectivity index (χ0n) is 10.9. The fraction of sp³-hybridized carbons (Fsp3) is 0.500. The number of amidine groups is 1. The van der Waals surface area contributed by atoms with E-state index in [2.05, 4.69) is 10.3 Å². The molecule has 6 heteroatoms. The highest BCUT2D eigenvalue weighted by Gasteiger charge is 2.36. The van der Waals surface area contributed by atoms with Crippen molar-refractivity contribution in [2.75, 3.05) is 17.6 Å². The van der Waals surface area contributed by atoms with Crippen LogP contribution in [0.4, 0.5) is 18.9 Å². The molecular formula is C14H15F3N2S. The molecule has 0 radical (unpaired) electrons. The van der Waals surface area contributed by atoms with Crippen molar-refractivity contribution in [1.29, 1.82) is 0 Å². The molecule has 1 heterocycles. The predicted molar refractivity (Wildman–Crippen MR) is 75.6 cm³/mol. The van der Waals surface area contributed by atoms with Crippen molar-refractivity contribution in [3.05, 3.63) is 29.6 Å². The molecule has 0 saturated heterocycles. The van der Waals surface area contributed by atoms with Crippen molar-refractivity contribution in [3.8, 4) is 0 Å². The Hall–Kier alpha value is -1.17. The van der Waals surface area contributed by atoms with Crippen molar-refractivity contribution in [2.45, 2.75) is 25.7 Å². The zero-order valence-corrected chi connectivity index (χ0v) is 11.7. The number of anilines is 1. The second kappa shape index (κ2) is 5.31. The number of hydrogen-bond donors (Lipinski definition) is 1. The van der Waals surface area contributed by atoms with Crippen LogP contribution < -0.4 is 5.32 Å². The third-order valence-electron chi connectivity index (χ3n) is 3.99. The first-order valence-electron chi connectivity index (χ1n) is 6.67. The SMILES string of the molecule is Fc1cc(F)c(NC2=NCC3(CCCC3)CS2)cc1F. The lowest BCUT2D eigenvalue weighted by atomic mass is 9.89. The molecule has 0 atom stereocenters. The molecule has 0 amide bonds. The molecule has 1 fully saturated rings. The maximum absolute atomic E-state index is 13.5. The van der Waals surface area contributed by atoms with Crippen LogP contribution in [0.3, 0.4) is 0 Å². The molecular weight excluding hydrogens is 285 g/mol. The minimum absolute atomic E-state index is 0.0717. The Labute approximate surface area is 119 Å². The van der Waals surface area contributed by atoms with E-state index in [4.69, 9.17) is 0 Å². The van der Waals surface area contributed by atoms with Crippen LogP contribution >= 0.6 is 11.8 Å². The summed E-state index contributed by atoms with van der Waals surface area (Å²) in [5, 5.41) is 3.33. The standard InChI is InChI=1S/C14H15F3N2S/c15-9-5-11(17)12(6-10(9)16)19-13-18-7-14(8-20-13)3-1-2-4-14/h5-6H,1-4,7-8H2,(H,18,19). The van der Waals surface area contributed by atoms with Crippen LogP contribution in [0, 0.1) is 22.9 Å². The summed E-state index contributed by atoms with van der Waals surface area (Å²) in [5.41, 5.74) is 0.222. The van der Waals surface area contributed by atoms with E-state index in [-0.39, 0.29) is 5.69 Å². The Balaban J connectivity index is 1.73. The summed E-state index contributed by atoms with van der Waals surface area (Å²) >= 11 is 1.53. The number of nitrogens with one attached hydrogen (secondary N) is 1. The van der Waals surface area contributed by atoms with E-state index >= 15 is 0 Å². The molecule has 1 N–H and O–H groups in total. The highest BCUT2D eigenvalue weighted by molar-refractivity contribution is 8.14. The summed E-state index contributed by atoms with van der Waals surface area (Å²) < 4.78 is 39.5. The molecule has 2 nitrogen and oxygen atoms in total. The van der Waals surface area contributed by atoms with Gasteiger partial charge in [-0.3, -0.25) is 4.99 Å². The van der Waals surface area contributed by atoms with Crippen LogP contribution in [0.2, 0.25) is 0 Å². The third kappa shape index (κ3) is 2.66. The van der Waals surface area contributed by atoms with Crippen molar-refractivity contribution in [3.63, 3.8) is 0 Å². The summed E-state index contributed by atoms with van der Waals surface area (Å²) in [7, 11) is 0. The lowest BCUT2D eigenvalue weighted by Crippen LogP contribution is -2.30. The number of thioether (sulfide) groups is 1. The minimum Gasteiger partial charge on any atom is -0.333 e. The molecule has 3 rings (SSSR count). The first kappa shape index (κ1) is 13.8. The summed E-state index contributed by atoms with van der Waals surface area (Å²) in [6, 6.07) is 1.37. The van der Waals surface area contributed by atoms with E-state index in [1.165, 1.54) is 37.4 Å². The smallest absolute Gasteiger partial charge is 0.161 e. The van der Waals surface area contributed by atoms with E-state index in [1.54, 1.807) is 0 Å². The van der Waals surface area contributed by atoms with E-state index < -0.39 is 17.5 Å². The molecule has 1 aliphatic heterocycles. The van der Waals surface area contributed by atoms with Gasteiger partial charge in [-0.05, 0) is 18.3 Å². The highest BCUT2D eigenvalue weighted by atomic mass is 32.2. The van der Waals surface area contributed by atoms with E-state index in [0.717, 1.165) is 18.4 Å². The van der Waals surface area contributed by atoms with Gasteiger partial charge in [0.15, 0.2) is 16.8 Å².